The maximum Gasteiger partial charge on any atom is 0.125 e. The van der Waals surface area contributed by atoms with Crippen LogP contribution in [0.15, 0.2) is 5.16 Å². The Morgan fingerprint density at radius 1 is 1.21 bits per heavy atom. The molecule has 3 rings (SSSR count). The number of ether oxygens (including phenoxy) is 2. The van der Waals surface area contributed by atoms with Crippen LogP contribution in [0.25, 0.3) is 0 Å². The highest BCUT2D eigenvalue weighted by Gasteiger charge is 2.37. The number of fused-ring (bicyclic) bond motifs is 1. The molecule has 0 amide bonds. The predicted octanol–water partition coefficient (Wildman–Crippen LogP) is 0.957. The summed E-state index contributed by atoms with van der Waals surface area (Å²) < 4.78 is 11.4. The Bertz CT molecular complexity index is 248. The molecule has 0 aromatic heterocycles. The van der Waals surface area contributed by atoms with Crippen LogP contribution in [0.1, 0.15) is 19.3 Å². The number of hydrogen-bond donors (Lipinski definition) is 0. The van der Waals surface area contributed by atoms with Gasteiger partial charge in [0.25, 0.3) is 0 Å². The Hall–Kier alpha value is -0.610. The Kier molecular flexibility index (Phi) is 2.18. The molecule has 0 radical (unpaired) electrons. The molecule has 3 aliphatic rings. The van der Waals surface area contributed by atoms with Gasteiger partial charge in [-0.1, -0.05) is 5.16 Å². The third-order valence-corrected chi connectivity index (χ3v) is 3.27. The molecular weight excluding hydrogens is 182 g/mol. The van der Waals surface area contributed by atoms with Crippen LogP contribution < -0.4 is 0 Å². The van der Waals surface area contributed by atoms with Gasteiger partial charge in [-0.15, -0.1) is 0 Å². The van der Waals surface area contributed by atoms with E-state index in [4.69, 9.17) is 14.3 Å². The minimum atomic E-state index is 0.267. The van der Waals surface area contributed by atoms with E-state index in [1.165, 1.54) is 6.42 Å². The molecule has 0 spiro atoms. The summed E-state index contributed by atoms with van der Waals surface area (Å²) in [6.07, 6.45) is 3.92. The van der Waals surface area contributed by atoms with Gasteiger partial charge in [-0.05, 0) is 19.3 Å². The molecule has 4 nitrogen and oxygen atoms in total. The van der Waals surface area contributed by atoms with Crippen molar-refractivity contribution in [1.82, 2.24) is 0 Å². The molecule has 4 heteroatoms. The minimum Gasteiger partial charge on any atom is -0.395 e. The van der Waals surface area contributed by atoms with E-state index in [0.717, 1.165) is 31.8 Å². The Balaban J connectivity index is 1.64. The monoisotopic (exact) mass is 197 g/mol. The van der Waals surface area contributed by atoms with Crippen molar-refractivity contribution in [1.29, 1.82) is 0 Å². The van der Waals surface area contributed by atoms with Crippen molar-refractivity contribution in [2.24, 2.45) is 11.1 Å². The van der Waals surface area contributed by atoms with E-state index < -0.39 is 0 Å². The summed E-state index contributed by atoms with van der Waals surface area (Å²) >= 11 is 0. The average Bonchev–Trinajstić information content (AvgIpc) is 2.88. The molecular formula is C10H15NO3. The van der Waals surface area contributed by atoms with Crippen LogP contribution in [0.3, 0.4) is 0 Å². The van der Waals surface area contributed by atoms with Crippen molar-refractivity contribution in [2.45, 2.75) is 31.5 Å². The molecule has 3 atom stereocenters. The van der Waals surface area contributed by atoms with Gasteiger partial charge in [0.2, 0.25) is 0 Å². The molecule has 14 heavy (non-hydrogen) atoms. The van der Waals surface area contributed by atoms with E-state index in [9.17, 15) is 0 Å². The summed E-state index contributed by atoms with van der Waals surface area (Å²) in [5.41, 5.74) is 1.08. The molecule has 0 aromatic carbocycles. The van der Waals surface area contributed by atoms with Crippen molar-refractivity contribution in [3.63, 3.8) is 0 Å². The van der Waals surface area contributed by atoms with E-state index in [1.54, 1.807) is 0 Å². The van der Waals surface area contributed by atoms with Crippen LogP contribution in [0.2, 0.25) is 0 Å². The maximum absolute atomic E-state index is 5.74. The third kappa shape index (κ3) is 1.42. The Morgan fingerprint density at radius 3 is 3.07 bits per heavy atom. The predicted molar refractivity (Wildman–Crippen MR) is 50.2 cm³/mol. The van der Waals surface area contributed by atoms with Crippen molar-refractivity contribution in [3.8, 4) is 0 Å². The largest absolute Gasteiger partial charge is 0.395 e. The lowest BCUT2D eigenvalue weighted by Crippen LogP contribution is -2.39. The first kappa shape index (κ1) is 8.68. The van der Waals surface area contributed by atoms with Gasteiger partial charge in [-0.25, -0.2) is 0 Å². The first-order chi connectivity index (χ1) is 6.93. The molecule has 3 aliphatic heterocycles. The molecule has 3 heterocycles. The van der Waals surface area contributed by atoms with Crippen molar-refractivity contribution in [3.05, 3.63) is 0 Å². The summed E-state index contributed by atoms with van der Waals surface area (Å²) in [5, 5.41) is 3.97. The van der Waals surface area contributed by atoms with Gasteiger partial charge in [0, 0.05) is 12.5 Å². The van der Waals surface area contributed by atoms with Gasteiger partial charge in [0.1, 0.15) is 6.61 Å². The van der Waals surface area contributed by atoms with Crippen LogP contribution in [0.5, 0.6) is 0 Å². The molecule has 0 aromatic rings. The van der Waals surface area contributed by atoms with Gasteiger partial charge in [0.05, 0.1) is 24.5 Å². The van der Waals surface area contributed by atoms with Crippen LogP contribution >= 0.6 is 0 Å². The fourth-order valence-corrected chi connectivity index (χ4v) is 2.42. The Morgan fingerprint density at radius 2 is 2.21 bits per heavy atom. The molecule has 0 bridgehead atoms. The zero-order valence-electron chi connectivity index (χ0n) is 8.15. The minimum absolute atomic E-state index is 0.267. The number of oxime groups is 1. The summed E-state index contributed by atoms with van der Waals surface area (Å²) in [5.74, 6) is 0.484. The standard InChI is InChI=1S/C10H15NO3/c1-2-9(12-3-1)10-4-7-5-14-11-8(7)6-13-10/h7,9-10H,1-6H2/t7-,9-,10+/m0/s1. The van der Waals surface area contributed by atoms with Gasteiger partial charge >= 0.3 is 0 Å². The van der Waals surface area contributed by atoms with E-state index in [-0.39, 0.29) is 6.10 Å². The third-order valence-electron chi connectivity index (χ3n) is 3.27. The number of rotatable bonds is 1. The van der Waals surface area contributed by atoms with Crippen LogP contribution in [0.4, 0.5) is 0 Å². The van der Waals surface area contributed by atoms with Crippen LogP contribution in [-0.4, -0.2) is 37.7 Å². The van der Waals surface area contributed by atoms with Gasteiger partial charge in [0.15, 0.2) is 0 Å². The first-order valence-electron chi connectivity index (χ1n) is 5.35. The zero-order chi connectivity index (χ0) is 9.38. The van der Waals surface area contributed by atoms with Crippen molar-refractivity contribution in [2.75, 3.05) is 19.8 Å². The highest BCUT2D eigenvalue weighted by molar-refractivity contribution is 5.89. The number of nitrogens with zero attached hydrogens (tertiary/aromatic N) is 1. The van der Waals surface area contributed by atoms with Crippen LogP contribution in [-0.2, 0) is 14.3 Å². The molecule has 0 aliphatic carbocycles. The highest BCUT2D eigenvalue weighted by atomic mass is 16.6. The summed E-state index contributed by atoms with van der Waals surface area (Å²) in [7, 11) is 0. The second-order valence-corrected chi connectivity index (χ2v) is 4.21. The molecule has 0 N–H and O–H groups in total. The highest BCUT2D eigenvalue weighted by Crippen LogP contribution is 2.29. The quantitative estimate of drug-likeness (QED) is 0.628. The van der Waals surface area contributed by atoms with E-state index in [1.807, 2.05) is 0 Å². The SMILES string of the molecule is C1CO[C@H]([C@H]2C[C@H]3CON=C3CO2)C1. The lowest BCUT2D eigenvalue weighted by atomic mass is 9.92. The van der Waals surface area contributed by atoms with Gasteiger partial charge in [-0.2, -0.15) is 0 Å². The van der Waals surface area contributed by atoms with Crippen molar-refractivity contribution < 1.29 is 14.3 Å². The molecule has 0 unspecified atom stereocenters. The topological polar surface area (TPSA) is 40.0 Å². The number of hydrogen-bond acceptors (Lipinski definition) is 4. The summed E-state index contributed by atoms with van der Waals surface area (Å²) in [4.78, 5) is 5.07. The molecule has 2 fully saturated rings. The molecule has 2 saturated heterocycles. The average molecular weight is 197 g/mol. The molecule has 0 saturated carbocycles. The van der Waals surface area contributed by atoms with Crippen molar-refractivity contribution >= 4 is 5.71 Å². The van der Waals surface area contributed by atoms with Gasteiger partial charge in [-0.3, -0.25) is 0 Å². The smallest absolute Gasteiger partial charge is 0.125 e. The second kappa shape index (κ2) is 3.51. The second-order valence-electron chi connectivity index (χ2n) is 4.21. The molecule has 78 valence electrons. The summed E-state index contributed by atoms with van der Waals surface area (Å²) in [6.45, 7) is 2.27. The van der Waals surface area contributed by atoms with Gasteiger partial charge < -0.3 is 14.3 Å². The van der Waals surface area contributed by atoms with E-state index >= 15 is 0 Å². The van der Waals surface area contributed by atoms with E-state index in [2.05, 4.69) is 5.16 Å². The lowest BCUT2D eigenvalue weighted by molar-refractivity contribution is -0.0541. The fourth-order valence-electron chi connectivity index (χ4n) is 2.42. The fraction of sp³-hybridized carbons (Fsp3) is 0.900. The van der Waals surface area contributed by atoms with E-state index in [0.29, 0.717) is 18.6 Å². The normalized spacial score (nSPS) is 41.7. The maximum atomic E-state index is 5.74. The van der Waals surface area contributed by atoms with Crippen LogP contribution in [0, 0.1) is 5.92 Å². The zero-order valence-corrected chi connectivity index (χ0v) is 8.15. The Labute approximate surface area is 83.2 Å². The first-order valence-corrected chi connectivity index (χ1v) is 5.35. The lowest BCUT2D eigenvalue weighted by Gasteiger charge is -2.30. The summed E-state index contributed by atoms with van der Waals surface area (Å²) in [6, 6.07) is 0.